The molecule has 0 radical (unpaired) electrons. The predicted octanol–water partition coefficient (Wildman–Crippen LogP) is 10.5. The number of para-hydroxylation sites is 2. The van der Waals surface area contributed by atoms with Crippen LogP contribution in [0.1, 0.15) is 0 Å². The van der Waals surface area contributed by atoms with E-state index in [1.807, 2.05) is 91.0 Å². The van der Waals surface area contributed by atoms with Gasteiger partial charge in [-0.25, -0.2) is 17.7 Å². The van der Waals surface area contributed by atoms with Crippen molar-refractivity contribution < 1.29 is 8.42 Å². The molecule has 0 unspecified atom stereocenters. The predicted molar refractivity (Wildman–Crippen MR) is 212 cm³/mol. The lowest BCUT2D eigenvalue weighted by Gasteiger charge is -2.31. The first-order chi connectivity index (χ1) is 26.0. The summed E-state index contributed by atoms with van der Waals surface area (Å²) in [5.41, 5.74) is 8.69. The van der Waals surface area contributed by atoms with Crippen LogP contribution >= 0.6 is 0 Å². The molecule has 8 heteroatoms. The van der Waals surface area contributed by atoms with Gasteiger partial charge in [-0.2, -0.15) is 9.97 Å². The van der Waals surface area contributed by atoms with Crippen LogP contribution in [0.4, 0.5) is 11.6 Å². The van der Waals surface area contributed by atoms with Gasteiger partial charge >= 0.3 is 0 Å². The van der Waals surface area contributed by atoms with Crippen LogP contribution in [-0.2, 0) is 10.0 Å². The maximum atomic E-state index is 14.6. The van der Waals surface area contributed by atoms with E-state index in [9.17, 15) is 8.42 Å². The number of hydrogen-bond donors (Lipinski definition) is 0. The van der Waals surface area contributed by atoms with Crippen LogP contribution in [-0.4, -0.2) is 27.9 Å². The second-order valence-electron chi connectivity index (χ2n) is 12.9. The Morgan fingerprint density at radius 3 is 1.72 bits per heavy atom. The van der Waals surface area contributed by atoms with E-state index in [0.29, 0.717) is 22.9 Å². The molecule has 0 saturated heterocycles. The molecule has 10 rings (SSSR count). The summed E-state index contributed by atoms with van der Waals surface area (Å²) in [6.45, 7) is 0. The summed E-state index contributed by atoms with van der Waals surface area (Å²) in [5, 5.41) is 2.29. The molecule has 0 bridgehead atoms. The summed E-state index contributed by atoms with van der Waals surface area (Å²) in [7, 11) is -4.12. The molecule has 9 aromatic rings. The van der Waals surface area contributed by atoms with E-state index in [1.165, 1.54) is 4.31 Å². The molecule has 0 N–H and O–H groups in total. The Hall–Kier alpha value is -6.90. The third-order valence-corrected chi connectivity index (χ3v) is 11.6. The maximum absolute atomic E-state index is 14.6. The van der Waals surface area contributed by atoms with Crippen molar-refractivity contribution >= 4 is 43.5 Å². The molecule has 7 aromatic carbocycles. The van der Waals surface area contributed by atoms with Gasteiger partial charge in [-0.05, 0) is 59.7 Å². The molecule has 53 heavy (non-hydrogen) atoms. The largest absolute Gasteiger partial charge is 0.309 e. The smallest absolute Gasteiger partial charge is 0.271 e. The van der Waals surface area contributed by atoms with Crippen LogP contribution in [0.2, 0.25) is 0 Å². The monoisotopic (exact) mass is 703 g/mol. The van der Waals surface area contributed by atoms with Crippen molar-refractivity contribution in [1.82, 2.24) is 19.5 Å². The van der Waals surface area contributed by atoms with Crippen LogP contribution in [0.25, 0.3) is 72.5 Å². The molecular weight excluding hydrogens is 675 g/mol. The van der Waals surface area contributed by atoms with E-state index >= 15 is 0 Å². The van der Waals surface area contributed by atoms with Gasteiger partial charge in [0.2, 0.25) is 5.95 Å². The second kappa shape index (κ2) is 12.1. The number of fused-ring (bicyclic) bond motifs is 6. The molecule has 252 valence electrons. The van der Waals surface area contributed by atoms with E-state index in [0.717, 1.165) is 55.3 Å². The summed E-state index contributed by atoms with van der Waals surface area (Å²) in [6.07, 6.45) is 0. The molecule has 0 saturated carbocycles. The molecule has 1 aliphatic heterocycles. The standard InChI is InChI=1S/C45H29N5O2S/c51-53(52)42-23-13-11-21-36(42)38-29-33(32-24-26-40-37(28-32)35-20-10-12-22-39(35)49(40)34-18-8-3-9-19-34)25-27-41(38)50(53)45-47-43(30-14-4-1-5-15-30)46-44(48-45)31-16-6-2-7-17-31/h1-29H. The van der Waals surface area contributed by atoms with E-state index in [4.69, 9.17) is 15.0 Å². The minimum Gasteiger partial charge on any atom is -0.309 e. The summed E-state index contributed by atoms with van der Waals surface area (Å²) < 4.78 is 32.8. The highest BCUT2D eigenvalue weighted by molar-refractivity contribution is 7.93. The van der Waals surface area contributed by atoms with Gasteiger partial charge in [0.05, 0.1) is 21.6 Å². The van der Waals surface area contributed by atoms with Crippen molar-refractivity contribution in [3.63, 3.8) is 0 Å². The molecule has 0 atom stereocenters. The Balaban J connectivity index is 1.17. The Labute approximate surface area is 306 Å². The minimum atomic E-state index is -4.12. The number of rotatable bonds is 5. The fourth-order valence-corrected chi connectivity index (χ4v) is 8.98. The average Bonchev–Trinajstić information content (AvgIpc) is 3.55. The molecule has 0 spiro atoms. The Bertz CT molecular complexity index is 2910. The van der Waals surface area contributed by atoms with Crippen LogP contribution in [0.3, 0.4) is 0 Å². The Morgan fingerprint density at radius 2 is 1.00 bits per heavy atom. The number of nitrogens with zero attached hydrogens (tertiary/aromatic N) is 5. The zero-order chi connectivity index (χ0) is 35.5. The first-order valence-corrected chi connectivity index (χ1v) is 18.7. The normalized spacial score (nSPS) is 13.2. The molecule has 1 aliphatic rings. The third kappa shape index (κ3) is 5.03. The summed E-state index contributed by atoms with van der Waals surface area (Å²) in [6, 6.07) is 57.5. The molecule has 2 aromatic heterocycles. The highest BCUT2D eigenvalue weighted by atomic mass is 32.2. The quantitative estimate of drug-likeness (QED) is 0.178. The van der Waals surface area contributed by atoms with Crippen molar-refractivity contribution in [2.45, 2.75) is 4.90 Å². The zero-order valence-corrected chi connectivity index (χ0v) is 29.0. The van der Waals surface area contributed by atoms with Crippen LogP contribution < -0.4 is 4.31 Å². The Kier molecular flexibility index (Phi) is 7.06. The van der Waals surface area contributed by atoms with Crippen molar-refractivity contribution in [1.29, 1.82) is 0 Å². The van der Waals surface area contributed by atoms with E-state index in [1.54, 1.807) is 12.1 Å². The van der Waals surface area contributed by atoms with Crippen molar-refractivity contribution in [3.05, 3.63) is 176 Å². The molecule has 0 aliphatic carbocycles. The van der Waals surface area contributed by atoms with Crippen LogP contribution in [0.15, 0.2) is 181 Å². The van der Waals surface area contributed by atoms with Gasteiger partial charge in [-0.3, -0.25) is 0 Å². The fourth-order valence-electron chi connectivity index (χ4n) is 7.36. The lowest BCUT2D eigenvalue weighted by molar-refractivity contribution is 0.595. The number of aromatic nitrogens is 4. The van der Waals surface area contributed by atoms with Gasteiger partial charge in [0, 0.05) is 38.7 Å². The highest BCUT2D eigenvalue weighted by Crippen LogP contribution is 2.48. The van der Waals surface area contributed by atoms with E-state index in [-0.39, 0.29) is 10.8 Å². The number of hydrogen-bond acceptors (Lipinski definition) is 5. The Morgan fingerprint density at radius 1 is 0.434 bits per heavy atom. The van der Waals surface area contributed by atoms with Gasteiger partial charge in [-0.1, -0.05) is 127 Å². The fraction of sp³-hybridized carbons (Fsp3) is 0. The van der Waals surface area contributed by atoms with Gasteiger partial charge in [-0.15, -0.1) is 0 Å². The van der Waals surface area contributed by atoms with Crippen LogP contribution in [0, 0.1) is 0 Å². The van der Waals surface area contributed by atoms with Crippen molar-refractivity contribution in [2.75, 3.05) is 4.31 Å². The molecule has 0 fully saturated rings. The topological polar surface area (TPSA) is 81.0 Å². The average molecular weight is 704 g/mol. The first kappa shape index (κ1) is 30.9. The number of sulfonamides is 1. The summed E-state index contributed by atoms with van der Waals surface area (Å²) >= 11 is 0. The maximum Gasteiger partial charge on any atom is 0.271 e. The van der Waals surface area contributed by atoms with Crippen molar-refractivity contribution in [3.8, 4) is 50.7 Å². The molecular formula is C45H29N5O2S. The van der Waals surface area contributed by atoms with Gasteiger partial charge in [0.25, 0.3) is 10.0 Å². The molecule has 7 nitrogen and oxygen atoms in total. The number of benzene rings is 7. The third-order valence-electron chi connectivity index (χ3n) is 9.80. The van der Waals surface area contributed by atoms with Crippen LogP contribution in [0.5, 0.6) is 0 Å². The lowest BCUT2D eigenvalue weighted by Crippen LogP contribution is -2.32. The highest BCUT2D eigenvalue weighted by Gasteiger charge is 2.38. The van der Waals surface area contributed by atoms with E-state index in [2.05, 4.69) is 77.4 Å². The lowest BCUT2D eigenvalue weighted by atomic mass is 9.96. The SMILES string of the molecule is O=S1(=O)c2ccccc2-c2cc(-c3ccc4c(c3)c3ccccc3n4-c3ccccc3)ccc2N1c1nc(-c2ccccc2)nc(-c2ccccc2)n1. The molecule has 0 amide bonds. The number of anilines is 2. The summed E-state index contributed by atoms with van der Waals surface area (Å²) in [5.74, 6) is 0.783. The first-order valence-electron chi connectivity index (χ1n) is 17.3. The molecule has 3 heterocycles. The summed E-state index contributed by atoms with van der Waals surface area (Å²) in [4.78, 5) is 14.6. The van der Waals surface area contributed by atoms with Gasteiger partial charge < -0.3 is 4.57 Å². The van der Waals surface area contributed by atoms with E-state index < -0.39 is 10.0 Å². The van der Waals surface area contributed by atoms with Gasteiger partial charge in [0.1, 0.15) is 0 Å². The van der Waals surface area contributed by atoms with Gasteiger partial charge in [0.15, 0.2) is 11.6 Å². The van der Waals surface area contributed by atoms with Crippen molar-refractivity contribution in [2.24, 2.45) is 0 Å². The zero-order valence-electron chi connectivity index (χ0n) is 28.2. The second-order valence-corrected chi connectivity index (χ2v) is 14.7. The minimum absolute atomic E-state index is 0.0244.